The van der Waals surface area contributed by atoms with Crippen molar-refractivity contribution in [2.24, 2.45) is 0 Å². The molecule has 0 spiro atoms. The summed E-state index contributed by atoms with van der Waals surface area (Å²) >= 11 is 0. The van der Waals surface area contributed by atoms with Gasteiger partial charge >= 0.3 is 0 Å². The van der Waals surface area contributed by atoms with Crippen molar-refractivity contribution in [3.05, 3.63) is 70.0 Å². The van der Waals surface area contributed by atoms with Crippen LogP contribution >= 0.6 is 0 Å². The van der Waals surface area contributed by atoms with Gasteiger partial charge in [0.25, 0.3) is 5.56 Å². The summed E-state index contributed by atoms with van der Waals surface area (Å²) in [5.41, 5.74) is 3.98. The Morgan fingerprint density at radius 2 is 1.86 bits per heavy atom. The van der Waals surface area contributed by atoms with Crippen LogP contribution in [0.15, 0.2) is 47.7 Å². The Morgan fingerprint density at radius 3 is 2.64 bits per heavy atom. The molecule has 0 fully saturated rings. The summed E-state index contributed by atoms with van der Waals surface area (Å²) in [7, 11) is 0. The molecule has 0 aliphatic heterocycles. The van der Waals surface area contributed by atoms with Gasteiger partial charge in [-0.1, -0.05) is 18.2 Å². The highest BCUT2D eigenvalue weighted by atomic mass is 16.1. The molecule has 0 aliphatic rings. The van der Waals surface area contributed by atoms with Gasteiger partial charge in [-0.25, -0.2) is 4.98 Å². The number of rotatable bonds is 3. The molecule has 4 nitrogen and oxygen atoms in total. The van der Waals surface area contributed by atoms with E-state index in [-0.39, 0.29) is 11.6 Å². The van der Waals surface area contributed by atoms with Crippen LogP contribution in [0.25, 0.3) is 10.9 Å². The monoisotopic (exact) mass is 293 g/mol. The molecule has 1 aromatic carbocycles. The molecular formula is C18H19N3O. The van der Waals surface area contributed by atoms with Gasteiger partial charge in [-0.05, 0) is 44.0 Å². The van der Waals surface area contributed by atoms with Gasteiger partial charge in [-0.3, -0.25) is 14.3 Å². The van der Waals surface area contributed by atoms with Crippen LogP contribution in [0.3, 0.4) is 0 Å². The van der Waals surface area contributed by atoms with E-state index in [2.05, 4.69) is 9.97 Å². The minimum absolute atomic E-state index is 0.00906. The summed E-state index contributed by atoms with van der Waals surface area (Å²) < 4.78 is 1.70. The highest BCUT2D eigenvalue weighted by Gasteiger charge is 2.13. The van der Waals surface area contributed by atoms with Crippen molar-refractivity contribution >= 4 is 10.9 Å². The standard InChI is InChI=1S/C18H19N3O/c1-12-7-5-9-19-16(12)10-14(3)21-11-20-17-13(2)6-4-8-15(17)18(21)22/h4-9,11,14H,10H2,1-3H3. The molecule has 3 aromatic rings. The highest BCUT2D eigenvalue weighted by molar-refractivity contribution is 5.80. The van der Waals surface area contributed by atoms with Crippen molar-refractivity contribution in [3.63, 3.8) is 0 Å². The third kappa shape index (κ3) is 2.52. The van der Waals surface area contributed by atoms with Gasteiger partial charge in [-0.15, -0.1) is 0 Å². The number of aryl methyl sites for hydroxylation is 2. The Kier molecular flexibility index (Phi) is 3.75. The SMILES string of the molecule is Cc1cccnc1CC(C)n1cnc2c(C)cccc2c1=O. The van der Waals surface area contributed by atoms with Gasteiger partial charge in [0, 0.05) is 24.4 Å². The lowest BCUT2D eigenvalue weighted by molar-refractivity contribution is 0.516. The quantitative estimate of drug-likeness (QED) is 0.745. The first-order chi connectivity index (χ1) is 10.6. The Morgan fingerprint density at radius 1 is 1.09 bits per heavy atom. The van der Waals surface area contributed by atoms with Crippen LogP contribution in [0.1, 0.15) is 29.8 Å². The number of nitrogens with zero attached hydrogens (tertiary/aromatic N) is 3. The van der Waals surface area contributed by atoms with E-state index in [4.69, 9.17) is 0 Å². The normalized spacial score (nSPS) is 12.5. The minimum atomic E-state index is 0.00906. The lowest BCUT2D eigenvalue weighted by atomic mass is 10.1. The molecule has 112 valence electrons. The average Bonchev–Trinajstić information content (AvgIpc) is 2.51. The van der Waals surface area contributed by atoms with Gasteiger partial charge in [-0.2, -0.15) is 0 Å². The third-order valence-corrected chi connectivity index (χ3v) is 4.10. The van der Waals surface area contributed by atoms with Gasteiger partial charge in [0.05, 0.1) is 17.2 Å². The van der Waals surface area contributed by atoms with Crippen LogP contribution in [-0.2, 0) is 6.42 Å². The van der Waals surface area contributed by atoms with E-state index in [0.717, 1.165) is 22.3 Å². The van der Waals surface area contributed by atoms with Crippen molar-refractivity contribution in [2.45, 2.75) is 33.2 Å². The second-order valence-corrected chi connectivity index (χ2v) is 5.75. The van der Waals surface area contributed by atoms with E-state index in [1.54, 1.807) is 17.1 Å². The van der Waals surface area contributed by atoms with Crippen LogP contribution in [0.4, 0.5) is 0 Å². The first-order valence-corrected chi connectivity index (χ1v) is 7.45. The van der Waals surface area contributed by atoms with E-state index >= 15 is 0 Å². The van der Waals surface area contributed by atoms with Crippen LogP contribution in [0, 0.1) is 13.8 Å². The number of fused-ring (bicyclic) bond motifs is 1. The molecular weight excluding hydrogens is 274 g/mol. The largest absolute Gasteiger partial charge is 0.295 e. The number of para-hydroxylation sites is 1. The molecule has 0 N–H and O–H groups in total. The maximum Gasteiger partial charge on any atom is 0.261 e. The lowest BCUT2D eigenvalue weighted by Gasteiger charge is -2.16. The third-order valence-electron chi connectivity index (χ3n) is 4.10. The fourth-order valence-electron chi connectivity index (χ4n) is 2.74. The molecule has 0 radical (unpaired) electrons. The number of pyridine rings is 1. The molecule has 2 aromatic heterocycles. The van der Waals surface area contributed by atoms with Gasteiger partial charge in [0.2, 0.25) is 0 Å². The van der Waals surface area contributed by atoms with Crippen LogP contribution in [-0.4, -0.2) is 14.5 Å². The molecule has 1 unspecified atom stereocenters. The number of aromatic nitrogens is 3. The maximum absolute atomic E-state index is 12.7. The molecule has 22 heavy (non-hydrogen) atoms. The Bertz CT molecular complexity index is 883. The summed E-state index contributed by atoms with van der Waals surface area (Å²) in [5, 5.41) is 0.673. The molecule has 0 saturated heterocycles. The van der Waals surface area contributed by atoms with E-state index in [0.29, 0.717) is 11.8 Å². The zero-order valence-corrected chi connectivity index (χ0v) is 13.1. The summed E-state index contributed by atoms with van der Waals surface area (Å²) in [6, 6.07) is 9.69. The molecule has 0 saturated carbocycles. The number of hydrogen-bond acceptors (Lipinski definition) is 3. The smallest absolute Gasteiger partial charge is 0.261 e. The molecule has 3 rings (SSSR count). The van der Waals surface area contributed by atoms with Crippen LogP contribution in [0.5, 0.6) is 0 Å². The zero-order chi connectivity index (χ0) is 15.7. The minimum Gasteiger partial charge on any atom is -0.295 e. The van der Waals surface area contributed by atoms with Gasteiger partial charge in [0.1, 0.15) is 0 Å². The van der Waals surface area contributed by atoms with Crippen LogP contribution < -0.4 is 5.56 Å². The van der Waals surface area contributed by atoms with E-state index in [9.17, 15) is 4.79 Å². The van der Waals surface area contributed by atoms with Crippen molar-refractivity contribution < 1.29 is 0 Å². The first-order valence-electron chi connectivity index (χ1n) is 7.45. The highest BCUT2D eigenvalue weighted by Crippen LogP contribution is 2.16. The topological polar surface area (TPSA) is 47.8 Å². The Labute approximate surface area is 129 Å². The molecule has 0 amide bonds. The summed E-state index contributed by atoms with van der Waals surface area (Å²) in [4.78, 5) is 21.6. The average molecular weight is 293 g/mol. The Balaban J connectivity index is 2.02. The lowest BCUT2D eigenvalue weighted by Crippen LogP contribution is -2.25. The number of hydrogen-bond donors (Lipinski definition) is 0. The van der Waals surface area contributed by atoms with Crippen LogP contribution in [0.2, 0.25) is 0 Å². The molecule has 0 bridgehead atoms. The molecule has 4 heteroatoms. The van der Waals surface area contributed by atoms with Crippen molar-refractivity contribution in [1.29, 1.82) is 0 Å². The predicted molar refractivity (Wildman–Crippen MR) is 88.1 cm³/mol. The Hall–Kier alpha value is -2.49. The van der Waals surface area contributed by atoms with Gasteiger partial charge < -0.3 is 0 Å². The number of benzene rings is 1. The molecule has 2 heterocycles. The second-order valence-electron chi connectivity index (χ2n) is 5.75. The molecule has 1 atom stereocenters. The van der Waals surface area contributed by atoms with E-state index in [1.165, 1.54) is 0 Å². The summed E-state index contributed by atoms with van der Waals surface area (Å²) in [6.45, 7) is 6.04. The molecule has 0 aliphatic carbocycles. The van der Waals surface area contributed by atoms with Crippen molar-refractivity contribution in [3.8, 4) is 0 Å². The summed E-state index contributed by atoms with van der Waals surface area (Å²) in [6.07, 6.45) is 4.16. The zero-order valence-electron chi connectivity index (χ0n) is 13.1. The fourth-order valence-corrected chi connectivity index (χ4v) is 2.74. The fraction of sp³-hybridized carbons (Fsp3) is 0.278. The van der Waals surface area contributed by atoms with Crippen molar-refractivity contribution in [1.82, 2.24) is 14.5 Å². The van der Waals surface area contributed by atoms with E-state index < -0.39 is 0 Å². The summed E-state index contributed by atoms with van der Waals surface area (Å²) in [5.74, 6) is 0. The van der Waals surface area contributed by atoms with E-state index in [1.807, 2.05) is 51.1 Å². The first kappa shape index (κ1) is 14.4. The second kappa shape index (κ2) is 5.72. The van der Waals surface area contributed by atoms with Crippen molar-refractivity contribution in [2.75, 3.05) is 0 Å². The predicted octanol–water partition coefficient (Wildman–Crippen LogP) is 3.21. The van der Waals surface area contributed by atoms with Gasteiger partial charge in [0.15, 0.2) is 0 Å². The maximum atomic E-state index is 12.7.